The number of ether oxygens (including phenoxy) is 2. The van der Waals surface area contributed by atoms with Crippen LogP contribution in [0.15, 0.2) is 30.4 Å². The number of hydrogen-bond acceptors (Lipinski definition) is 7. The Bertz CT molecular complexity index is 737. The Labute approximate surface area is 164 Å². The van der Waals surface area contributed by atoms with Gasteiger partial charge in [0.2, 0.25) is 0 Å². The lowest BCUT2D eigenvalue weighted by Gasteiger charge is -2.16. The molecule has 1 aliphatic rings. The van der Waals surface area contributed by atoms with Crippen molar-refractivity contribution in [1.82, 2.24) is 0 Å². The molecule has 0 spiro atoms. The highest BCUT2D eigenvalue weighted by atomic mass is 16.5. The fourth-order valence-electron chi connectivity index (χ4n) is 2.51. The molecular weight excluding hydrogens is 364 g/mol. The summed E-state index contributed by atoms with van der Waals surface area (Å²) in [5, 5.41) is 30.0. The number of methoxy groups -OCH3 is 1. The Hall–Kier alpha value is -2.64. The molecule has 0 bridgehead atoms. The van der Waals surface area contributed by atoms with Gasteiger partial charge in [-0.05, 0) is 31.1 Å². The molecule has 28 heavy (non-hydrogen) atoms. The lowest BCUT2D eigenvalue weighted by molar-refractivity contribution is -0.127. The van der Waals surface area contributed by atoms with Crippen LogP contribution in [0.25, 0.3) is 6.08 Å². The molecule has 154 valence electrons. The van der Waals surface area contributed by atoms with E-state index in [-0.39, 0.29) is 24.2 Å². The quantitative estimate of drug-likeness (QED) is 0.630. The van der Waals surface area contributed by atoms with Gasteiger partial charge in [-0.25, -0.2) is 4.79 Å². The van der Waals surface area contributed by atoms with Crippen LogP contribution in [0.1, 0.15) is 49.5 Å². The third kappa shape index (κ3) is 6.21. The van der Waals surface area contributed by atoms with Crippen LogP contribution in [0, 0.1) is 0 Å². The smallest absolute Gasteiger partial charge is 0.342 e. The van der Waals surface area contributed by atoms with Crippen LogP contribution in [0.3, 0.4) is 0 Å². The Morgan fingerprint density at radius 2 is 1.71 bits per heavy atom. The molecule has 0 saturated heterocycles. The topological polar surface area (TPSA) is 113 Å². The molecule has 7 nitrogen and oxygen atoms in total. The van der Waals surface area contributed by atoms with E-state index in [2.05, 4.69) is 0 Å². The predicted octanol–water partition coefficient (Wildman–Crippen LogP) is 2.63. The van der Waals surface area contributed by atoms with E-state index in [9.17, 15) is 24.9 Å². The molecule has 1 aliphatic heterocycles. The third-order valence-corrected chi connectivity index (χ3v) is 3.95. The molecule has 0 saturated carbocycles. The maximum atomic E-state index is 12.4. The highest BCUT2D eigenvalue weighted by Gasteiger charge is 2.23. The lowest BCUT2D eigenvalue weighted by Crippen LogP contribution is -2.32. The molecule has 0 aromatic heterocycles. The van der Waals surface area contributed by atoms with E-state index in [0.29, 0.717) is 11.3 Å². The van der Waals surface area contributed by atoms with Gasteiger partial charge in [-0.15, -0.1) is 0 Å². The largest absolute Gasteiger partial charge is 0.507 e. The molecule has 1 heterocycles. The van der Waals surface area contributed by atoms with Gasteiger partial charge >= 0.3 is 5.97 Å². The van der Waals surface area contributed by atoms with Gasteiger partial charge in [-0.2, -0.15) is 0 Å². The minimum absolute atomic E-state index is 0.0242. The van der Waals surface area contributed by atoms with E-state index in [0.717, 1.165) is 6.08 Å². The number of benzene rings is 1. The first kappa shape index (κ1) is 23.4. The molecule has 3 N–H and O–H groups in total. The van der Waals surface area contributed by atoms with Crippen molar-refractivity contribution in [2.45, 2.75) is 51.9 Å². The van der Waals surface area contributed by atoms with E-state index in [4.69, 9.17) is 9.47 Å². The minimum atomic E-state index is -1.55. The molecule has 2 rings (SSSR count). The van der Waals surface area contributed by atoms with Gasteiger partial charge in [-0.3, -0.25) is 4.79 Å². The standard InChI is InChI=1S/C19H22O7.C2H6/c1-11-5-3-7-14(20)18(23)15(21)8-4-6-12-9-13(25-2)10-16(22)17(12)19(24)26-11;1-2/h3-4,6-7,9-11,15,18,21-23H,5,8H2,1-2H3;1-2H3/b6-4+,7-3-;/t11?,15-,18?;/m0./s1. The van der Waals surface area contributed by atoms with Gasteiger partial charge in [0.25, 0.3) is 0 Å². The number of hydrogen-bond donors (Lipinski definition) is 3. The summed E-state index contributed by atoms with van der Waals surface area (Å²) in [6.45, 7) is 5.64. The van der Waals surface area contributed by atoms with Crippen LogP contribution in [-0.2, 0) is 9.53 Å². The zero-order valence-corrected chi connectivity index (χ0v) is 16.6. The lowest BCUT2D eigenvalue weighted by atomic mass is 10.0. The first-order valence-corrected chi connectivity index (χ1v) is 9.18. The second-order valence-corrected chi connectivity index (χ2v) is 6.02. The molecule has 1 aromatic rings. The summed E-state index contributed by atoms with van der Waals surface area (Å²) in [7, 11) is 1.42. The van der Waals surface area contributed by atoms with Crippen molar-refractivity contribution in [3.05, 3.63) is 41.5 Å². The minimum Gasteiger partial charge on any atom is -0.507 e. The van der Waals surface area contributed by atoms with Gasteiger partial charge < -0.3 is 24.8 Å². The predicted molar refractivity (Wildman–Crippen MR) is 105 cm³/mol. The summed E-state index contributed by atoms with van der Waals surface area (Å²) in [6.07, 6.45) is 2.42. The number of aliphatic hydroxyl groups is 2. The van der Waals surface area contributed by atoms with E-state index in [1.807, 2.05) is 13.8 Å². The molecule has 2 unspecified atom stereocenters. The van der Waals surface area contributed by atoms with E-state index < -0.39 is 30.1 Å². The van der Waals surface area contributed by atoms with Crippen LogP contribution in [0.2, 0.25) is 0 Å². The van der Waals surface area contributed by atoms with Gasteiger partial charge in [0.05, 0.1) is 13.2 Å². The van der Waals surface area contributed by atoms with Gasteiger partial charge in [0, 0.05) is 12.5 Å². The maximum absolute atomic E-state index is 12.4. The number of carbonyl (C=O) groups excluding carboxylic acids is 2. The summed E-state index contributed by atoms with van der Waals surface area (Å²) >= 11 is 0. The summed E-state index contributed by atoms with van der Waals surface area (Å²) < 4.78 is 10.4. The van der Waals surface area contributed by atoms with Crippen molar-refractivity contribution >= 4 is 17.8 Å². The maximum Gasteiger partial charge on any atom is 0.342 e. The molecule has 1 aromatic carbocycles. The fraction of sp³-hybridized carbons (Fsp3) is 0.429. The zero-order chi connectivity index (χ0) is 21.3. The molecule has 0 aliphatic carbocycles. The molecule has 0 radical (unpaired) electrons. The van der Waals surface area contributed by atoms with E-state index >= 15 is 0 Å². The third-order valence-electron chi connectivity index (χ3n) is 3.95. The van der Waals surface area contributed by atoms with Crippen molar-refractivity contribution in [3.8, 4) is 11.5 Å². The van der Waals surface area contributed by atoms with Crippen molar-refractivity contribution in [3.63, 3.8) is 0 Å². The monoisotopic (exact) mass is 392 g/mol. The first-order valence-electron chi connectivity index (χ1n) is 9.18. The molecular formula is C21H28O7. The number of ketones is 1. The SMILES string of the molecule is CC.COc1cc(O)c2c(c1)/C=C/C[C@H](O)C(O)C(=O)/C=C\CC(C)OC2=O. The van der Waals surface area contributed by atoms with Crippen molar-refractivity contribution in [2.24, 2.45) is 0 Å². The zero-order valence-electron chi connectivity index (χ0n) is 16.6. The van der Waals surface area contributed by atoms with Crippen LogP contribution in [0.5, 0.6) is 11.5 Å². The number of esters is 1. The summed E-state index contributed by atoms with van der Waals surface area (Å²) in [4.78, 5) is 24.3. The average molecular weight is 392 g/mol. The summed E-state index contributed by atoms with van der Waals surface area (Å²) in [6, 6.07) is 2.84. The van der Waals surface area contributed by atoms with Gasteiger partial charge in [-0.1, -0.05) is 32.1 Å². The number of phenolic OH excluding ortho intramolecular Hbond substituents is 1. The van der Waals surface area contributed by atoms with Crippen molar-refractivity contribution in [2.75, 3.05) is 7.11 Å². The van der Waals surface area contributed by atoms with Gasteiger partial charge in [0.1, 0.15) is 29.3 Å². The number of carbonyl (C=O) groups is 2. The summed E-state index contributed by atoms with van der Waals surface area (Å²) in [5.74, 6) is -1.29. The first-order chi connectivity index (χ1) is 13.3. The Morgan fingerprint density at radius 1 is 1.07 bits per heavy atom. The van der Waals surface area contributed by atoms with Crippen LogP contribution < -0.4 is 4.74 Å². The van der Waals surface area contributed by atoms with Crippen LogP contribution in [0.4, 0.5) is 0 Å². The number of cyclic esters (lactones) is 1. The molecule has 0 fully saturated rings. The van der Waals surface area contributed by atoms with Crippen molar-refractivity contribution in [1.29, 1.82) is 0 Å². The van der Waals surface area contributed by atoms with E-state index in [1.165, 1.54) is 37.5 Å². The number of fused-ring (bicyclic) bond motifs is 1. The molecule has 3 atom stereocenters. The Kier molecular flexibility index (Phi) is 9.41. The Morgan fingerprint density at radius 3 is 2.36 bits per heavy atom. The second-order valence-electron chi connectivity index (χ2n) is 6.02. The van der Waals surface area contributed by atoms with E-state index in [1.54, 1.807) is 6.92 Å². The average Bonchev–Trinajstić information content (AvgIpc) is 2.67. The van der Waals surface area contributed by atoms with Crippen LogP contribution >= 0.6 is 0 Å². The second kappa shape index (κ2) is 11.3. The highest BCUT2D eigenvalue weighted by Crippen LogP contribution is 2.30. The normalized spacial score (nSPS) is 25.3. The summed E-state index contributed by atoms with van der Waals surface area (Å²) in [5.41, 5.74) is 0.306. The Balaban J connectivity index is 0.00000190. The molecule has 7 heteroatoms. The van der Waals surface area contributed by atoms with Crippen molar-refractivity contribution < 1.29 is 34.4 Å². The van der Waals surface area contributed by atoms with Crippen LogP contribution in [-0.4, -0.2) is 52.5 Å². The number of phenols is 1. The number of rotatable bonds is 1. The van der Waals surface area contributed by atoms with Gasteiger partial charge in [0.15, 0.2) is 5.78 Å². The number of aromatic hydroxyl groups is 1. The number of aliphatic hydroxyl groups excluding tert-OH is 2. The highest BCUT2D eigenvalue weighted by molar-refractivity contribution is 5.97. The molecule has 0 amide bonds. The fourth-order valence-corrected chi connectivity index (χ4v) is 2.51.